The van der Waals surface area contributed by atoms with E-state index in [4.69, 9.17) is 4.74 Å². The predicted octanol–water partition coefficient (Wildman–Crippen LogP) is 3.60. The molecule has 0 radical (unpaired) electrons. The molecule has 9 heteroatoms. The van der Waals surface area contributed by atoms with Gasteiger partial charge < -0.3 is 19.3 Å². The van der Waals surface area contributed by atoms with Crippen LogP contribution in [0.4, 0.5) is 4.39 Å². The number of ether oxygens (including phenoxy) is 1. The quantitative estimate of drug-likeness (QED) is 0.344. The summed E-state index contributed by atoms with van der Waals surface area (Å²) in [5, 5.41) is 12.8. The molecule has 0 saturated carbocycles. The summed E-state index contributed by atoms with van der Waals surface area (Å²) in [4.78, 5) is 31.9. The van der Waals surface area contributed by atoms with Crippen LogP contribution in [0.2, 0.25) is 0 Å². The normalized spacial score (nSPS) is 18.0. The average molecular weight is 441 g/mol. The smallest absolute Gasteiger partial charge is 0.295 e. The fraction of sp³-hybridized carbons (Fsp3) is 0.227. The maximum absolute atomic E-state index is 14.2. The van der Waals surface area contributed by atoms with Crippen LogP contribution in [0.25, 0.3) is 5.76 Å². The molecule has 4 rings (SSSR count). The van der Waals surface area contributed by atoms with Crippen molar-refractivity contribution in [1.82, 2.24) is 14.5 Å². The van der Waals surface area contributed by atoms with E-state index in [0.717, 1.165) is 10.9 Å². The number of nitrogens with zero attached hydrogens (tertiary/aromatic N) is 3. The summed E-state index contributed by atoms with van der Waals surface area (Å²) in [5.74, 6) is -2.52. The molecule has 0 spiro atoms. The van der Waals surface area contributed by atoms with Gasteiger partial charge in [0.05, 0.1) is 25.1 Å². The van der Waals surface area contributed by atoms with Gasteiger partial charge in [-0.15, -0.1) is 11.3 Å². The SMILES string of the molecule is COc1ccc(C(O)=C2C(=O)C(=O)N(CCCn3ccnc3)[C@@H]2c2cccs2)cc1F. The average Bonchev–Trinajstić information content (AvgIpc) is 3.52. The third-order valence-electron chi connectivity index (χ3n) is 5.15. The molecule has 0 aliphatic carbocycles. The number of aromatic nitrogens is 2. The molecule has 3 heterocycles. The summed E-state index contributed by atoms with van der Waals surface area (Å²) in [6.45, 7) is 0.947. The molecule has 0 unspecified atom stereocenters. The summed E-state index contributed by atoms with van der Waals surface area (Å²) in [5.41, 5.74) is 0.0657. The Bertz CT molecular complexity index is 1130. The number of halogens is 1. The van der Waals surface area contributed by atoms with E-state index in [1.165, 1.54) is 35.5 Å². The van der Waals surface area contributed by atoms with Gasteiger partial charge in [-0.25, -0.2) is 9.37 Å². The Kier molecular flexibility index (Phi) is 5.85. The Morgan fingerprint density at radius 1 is 1.29 bits per heavy atom. The molecular formula is C22H20FN3O4S. The van der Waals surface area contributed by atoms with Gasteiger partial charge in [0.1, 0.15) is 5.76 Å². The molecule has 1 fully saturated rings. The van der Waals surface area contributed by atoms with Gasteiger partial charge in [-0.3, -0.25) is 9.59 Å². The molecule has 160 valence electrons. The second kappa shape index (κ2) is 8.73. The number of thiophene rings is 1. The van der Waals surface area contributed by atoms with Crippen LogP contribution in [0.5, 0.6) is 5.75 Å². The lowest BCUT2D eigenvalue weighted by Crippen LogP contribution is -2.31. The molecule has 0 bridgehead atoms. The van der Waals surface area contributed by atoms with Gasteiger partial charge in [0.25, 0.3) is 11.7 Å². The van der Waals surface area contributed by atoms with E-state index in [1.807, 2.05) is 28.3 Å². The Labute approximate surface area is 182 Å². The van der Waals surface area contributed by atoms with Gasteiger partial charge in [-0.2, -0.15) is 0 Å². The summed E-state index contributed by atoms with van der Waals surface area (Å²) >= 11 is 1.38. The van der Waals surface area contributed by atoms with Crippen molar-refractivity contribution in [2.75, 3.05) is 13.7 Å². The van der Waals surface area contributed by atoms with Gasteiger partial charge in [-0.05, 0) is 36.1 Å². The van der Waals surface area contributed by atoms with Gasteiger partial charge in [0.15, 0.2) is 11.6 Å². The van der Waals surface area contributed by atoms with E-state index in [2.05, 4.69) is 4.98 Å². The maximum Gasteiger partial charge on any atom is 0.295 e. The number of likely N-dealkylation sites (tertiary alicyclic amines) is 1. The van der Waals surface area contributed by atoms with Gasteiger partial charge in [-0.1, -0.05) is 6.07 Å². The molecule has 1 aliphatic heterocycles. The van der Waals surface area contributed by atoms with Crippen molar-refractivity contribution in [2.24, 2.45) is 0 Å². The van der Waals surface area contributed by atoms with Gasteiger partial charge in [0, 0.05) is 35.9 Å². The number of aryl methyl sites for hydroxylation is 1. The molecular weight excluding hydrogens is 421 g/mol. The number of Topliss-reactive ketones (excluding diaryl/α,β-unsaturated/α-hetero) is 1. The van der Waals surface area contributed by atoms with Crippen molar-refractivity contribution < 1.29 is 23.8 Å². The lowest BCUT2D eigenvalue weighted by molar-refractivity contribution is -0.139. The van der Waals surface area contributed by atoms with E-state index in [1.54, 1.807) is 12.5 Å². The first-order valence-corrected chi connectivity index (χ1v) is 10.5. The van der Waals surface area contributed by atoms with Crippen LogP contribution in [0.15, 0.2) is 60.0 Å². The zero-order valence-corrected chi connectivity index (χ0v) is 17.5. The lowest BCUT2D eigenvalue weighted by Gasteiger charge is -2.24. The number of hydrogen-bond donors (Lipinski definition) is 1. The highest BCUT2D eigenvalue weighted by Gasteiger charge is 2.46. The number of benzene rings is 1. The van der Waals surface area contributed by atoms with Crippen molar-refractivity contribution in [3.63, 3.8) is 0 Å². The molecule has 1 amide bonds. The summed E-state index contributed by atoms with van der Waals surface area (Å²) < 4.78 is 21.0. The monoisotopic (exact) mass is 441 g/mol. The largest absolute Gasteiger partial charge is 0.507 e. The minimum atomic E-state index is -0.783. The van der Waals surface area contributed by atoms with Crippen LogP contribution in [0, 0.1) is 5.82 Å². The minimum Gasteiger partial charge on any atom is -0.507 e. The van der Waals surface area contributed by atoms with Crippen LogP contribution >= 0.6 is 11.3 Å². The van der Waals surface area contributed by atoms with E-state index in [0.29, 0.717) is 19.5 Å². The van der Waals surface area contributed by atoms with Crippen molar-refractivity contribution in [1.29, 1.82) is 0 Å². The fourth-order valence-corrected chi connectivity index (χ4v) is 4.51. The maximum atomic E-state index is 14.2. The number of carbonyl (C=O) groups excluding carboxylic acids is 2. The number of imidazole rings is 1. The molecule has 1 aromatic carbocycles. The Morgan fingerprint density at radius 2 is 2.13 bits per heavy atom. The van der Waals surface area contributed by atoms with Gasteiger partial charge >= 0.3 is 0 Å². The van der Waals surface area contributed by atoms with E-state index in [9.17, 15) is 19.1 Å². The lowest BCUT2D eigenvalue weighted by atomic mass is 9.99. The number of aliphatic hydroxyl groups is 1. The standard InChI is InChI=1S/C22H20FN3O4S/c1-30-16-6-5-14(12-15(16)23)20(27)18-19(17-4-2-11-31-17)26(22(29)21(18)28)9-3-8-25-10-7-24-13-25/h2,4-7,10-13,19,27H,3,8-9H2,1H3/t19-/m1/s1. The fourth-order valence-electron chi connectivity index (χ4n) is 3.67. The summed E-state index contributed by atoms with van der Waals surface area (Å²) in [6.07, 6.45) is 5.78. The van der Waals surface area contributed by atoms with Crippen molar-refractivity contribution in [2.45, 2.75) is 19.0 Å². The highest BCUT2D eigenvalue weighted by atomic mass is 32.1. The van der Waals surface area contributed by atoms with Crippen LogP contribution in [-0.4, -0.2) is 44.9 Å². The van der Waals surface area contributed by atoms with Crippen molar-refractivity contribution in [3.05, 3.63) is 76.3 Å². The van der Waals surface area contributed by atoms with Crippen LogP contribution in [-0.2, 0) is 16.1 Å². The first-order valence-electron chi connectivity index (χ1n) is 9.62. The first-order chi connectivity index (χ1) is 15.0. The minimum absolute atomic E-state index is 0.0197. The number of methoxy groups -OCH3 is 1. The van der Waals surface area contributed by atoms with Gasteiger partial charge in [0.2, 0.25) is 0 Å². The van der Waals surface area contributed by atoms with E-state index >= 15 is 0 Å². The highest BCUT2D eigenvalue weighted by molar-refractivity contribution is 7.10. The second-order valence-corrected chi connectivity index (χ2v) is 7.99. The number of rotatable bonds is 7. The summed E-state index contributed by atoms with van der Waals surface area (Å²) in [6, 6.07) is 6.81. The Morgan fingerprint density at radius 3 is 2.77 bits per heavy atom. The number of hydrogen-bond acceptors (Lipinski definition) is 6. The third-order valence-corrected chi connectivity index (χ3v) is 6.08. The molecule has 1 aliphatic rings. The molecule has 1 N–H and O–H groups in total. The molecule has 7 nitrogen and oxygen atoms in total. The number of ketones is 1. The molecule has 2 aromatic heterocycles. The molecule has 1 atom stereocenters. The van der Waals surface area contributed by atoms with Crippen LogP contribution < -0.4 is 4.74 Å². The summed E-state index contributed by atoms with van der Waals surface area (Å²) in [7, 11) is 1.34. The number of amides is 1. The third kappa shape index (κ3) is 3.96. The van der Waals surface area contributed by atoms with Crippen molar-refractivity contribution in [3.8, 4) is 5.75 Å². The zero-order valence-electron chi connectivity index (χ0n) is 16.7. The Hall–Kier alpha value is -3.46. The highest BCUT2D eigenvalue weighted by Crippen LogP contribution is 2.41. The van der Waals surface area contributed by atoms with Crippen LogP contribution in [0.3, 0.4) is 0 Å². The molecule has 3 aromatic rings. The molecule has 1 saturated heterocycles. The van der Waals surface area contributed by atoms with Crippen LogP contribution in [0.1, 0.15) is 22.9 Å². The number of aliphatic hydroxyl groups excluding tert-OH is 1. The Balaban J connectivity index is 1.70. The zero-order chi connectivity index (χ0) is 22.0. The van der Waals surface area contributed by atoms with Crippen molar-refractivity contribution >= 4 is 28.8 Å². The first kappa shape index (κ1) is 20.8. The molecule has 31 heavy (non-hydrogen) atoms. The topological polar surface area (TPSA) is 84.7 Å². The number of carbonyl (C=O) groups is 2. The second-order valence-electron chi connectivity index (χ2n) is 7.01. The van der Waals surface area contributed by atoms with E-state index in [-0.39, 0.29) is 16.9 Å². The van der Waals surface area contributed by atoms with E-state index < -0.39 is 29.3 Å². The predicted molar refractivity (Wildman–Crippen MR) is 113 cm³/mol.